The van der Waals surface area contributed by atoms with Gasteiger partial charge in [-0.2, -0.15) is 0 Å². The van der Waals surface area contributed by atoms with E-state index in [1.54, 1.807) is 6.20 Å². The van der Waals surface area contributed by atoms with Crippen molar-refractivity contribution in [3.05, 3.63) is 24.3 Å². The van der Waals surface area contributed by atoms with E-state index in [4.69, 9.17) is 11.6 Å². The highest BCUT2D eigenvalue weighted by atomic mass is 35.5. The molecule has 0 aromatic carbocycles. The minimum Gasteiger partial charge on any atom is -0.359 e. The predicted molar refractivity (Wildman–Crippen MR) is 52.9 cm³/mol. The molecule has 0 saturated carbocycles. The summed E-state index contributed by atoms with van der Waals surface area (Å²) in [6.07, 6.45) is 4.35. The van der Waals surface area contributed by atoms with Gasteiger partial charge in [-0.1, -0.05) is 0 Å². The van der Waals surface area contributed by atoms with Crippen molar-refractivity contribution in [1.29, 1.82) is 0 Å². The third-order valence-corrected chi connectivity index (χ3v) is 1.97. The molecule has 0 saturated heterocycles. The zero-order valence-corrected chi connectivity index (χ0v) is 8.04. The first-order valence-corrected chi connectivity index (χ1v) is 4.62. The normalized spacial score (nSPS) is 13.4. The molecule has 2 aromatic heterocycles. The van der Waals surface area contributed by atoms with Crippen LogP contribution in [-0.2, 0) is 6.42 Å². The van der Waals surface area contributed by atoms with Crippen LogP contribution in [0.1, 0.15) is 12.7 Å². The summed E-state index contributed by atoms with van der Waals surface area (Å²) >= 11 is 5.85. The molecule has 0 aliphatic heterocycles. The fourth-order valence-electron chi connectivity index (χ4n) is 1.23. The summed E-state index contributed by atoms with van der Waals surface area (Å²) in [5, 5.41) is 0.0800. The van der Waals surface area contributed by atoms with Crippen LogP contribution in [0.5, 0.6) is 0 Å². The van der Waals surface area contributed by atoms with E-state index in [1.807, 2.05) is 19.2 Å². The fraction of sp³-hybridized carbons (Fsp3) is 0.333. The highest BCUT2D eigenvalue weighted by molar-refractivity contribution is 6.20. The van der Waals surface area contributed by atoms with Gasteiger partial charge >= 0.3 is 0 Å². The molecule has 2 heterocycles. The Labute approximate surface area is 81.2 Å². The fourth-order valence-corrected chi connectivity index (χ4v) is 1.37. The number of nitrogens with one attached hydrogen (secondary N) is 1. The van der Waals surface area contributed by atoms with E-state index >= 15 is 0 Å². The molecule has 0 aliphatic carbocycles. The standard InChI is InChI=1S/C9H10ClN3/c1-6(10)4-9-12-5-8-7(13-9)2-3-11-8/h2-3,5-6,11H,4H2,1H3. The van der Waals surface area contributed by atoms with E-state index < -0.39 is 0 Å². The zero-order chi connectivity index (χ0) is 9.26. The van der Waals surface area contributed by atoms with E-state index in [1.165, 1.54) is 0 Å². The summed E-state index contributed by atoms with van der Waals surface area (Å²) < 4.78 is 0. The molecule has 0 amide bonds. The molecule has 2 rings (SSSR count). The Hall–Kier alpha value is -1.09. The predicted octanol–water partition coefficient (Wildman–Crippen LogP) is 2.13. The molecular formula is C9H10ClN3. The minimum atomic E-state index is 0.0800. The molecule has 4 heteroatoms. The third kappa shape index (κ3) is 1.80. The van der Waals surface area contributed by atoms with Gasteiger partial charge in [0.1, 0.15) is 5.82 Å². The molecule has 1 unspecified atom stereocenters. The first-order chi connectivity index (χ1) is 6.25. The summed E-state index contributed by atoms with van der Waals surface area (Å²) in [4.78, 5) is 11.6. The number of hydrogen-bond donors (Lipinski definition) is 1. The number of rotatable bonds is 2. The number of aromatic nitrogens is 3. The molecule has 1 atom stereocenters. The molecule has 0 fully saturated rings. The Balaban J connectivity index is 2.37. The van der Waals surface area contributed by atoms with E-state index in [2.05, 4.69) is 15.0 Å². The van der Waals surface area contributed by atoms with Crippen LogP contribution in [0.25, 0.3) is 11.0 Å². The van der Waals surface area contributed by atoms with Gasteiger partial charge in [-0.3, -0.25) is 0 Å². The summed E-state index contributed by atoms with van der Waals surface area (Å²) in [5.41, 5.74) is 1.91. The van der Waals surface area contributed by atoms with E-state index in [9.17, 15) is 0 Å². The van der Waals surface area contributed by atoms with Gasteiger partial charge in [0.2, 0.25) is 0 Å². The second-order valence-electron chi connectivity index (χ2n) is 3.05. The summed E-state index contributed by atoms with van der Waals surface area (Å²) in [5.74, 6) is 0.801. The lowest BCUT2D eigenvalue weighted by Crippen LogP contribution is -2.02. The molecule has 3 nitrogen and oxygen atoms in total. The number of H-pyrrole nitrogens is 1. The molecule has 0 aliphatic rings. The van der Waals surface area contributed by atoms with Gasteiger partial charge in [0.05, 0.1) is 17.2 Å². The second-order valence-corrected chi connectivity index (χ2v) is 3.79. The molecule has 1 N–H and O–H groups in total. The number of aromatic amines is 1. The third-order valence-electron chi connectivity index (χ3n) is 1.81. The lowest BCUT2D eigenvalue weighted by molar-refractivity contribution is 0.852. The number of hydrogen-bond acceptors (Lipinski definition) is 2. The van der Waals surface area contributed by atoms with Crippen molar-refractivity contribution in [2.75, 3.05) is 0 Å². The molecule has 2 aromatic rings. The maximum atomic E-state index is 5.85. The zero-order valence-electron chi connectivity index (χ0n) is 7.29. The van der Waals surface area contributed by atoms with Crippen LogP contribution in [-0.4, -0.2) is 20.3 Å². The Morgan fingerprint density at radius 2 is 2.46 bits per heavy atom. The van der Waals surface area contributed by atoms with Crippen LogP contribution < -0.4 is 0 Å². The maximum Gasteiger partial charge on any atom is 0.130 e. The molecule has 13 heavy (non-hydrogen) atoms. The Morgan fingerprint density at radius 1 is 1.62 bits per heavy atom. The number of halogens is 1. The summed E-state index contributed by atoms with van der Waals surface area (Å²) in [6, 6.07) is 1.93. The van der Waals surface area contributed by atoms with Gasteiger partial charge in [0.25, 0.3) is 0 Å². The largest absolute Gasteiger partial charge is 0.359 e. The van der Waals surface area contributed by atoms with Crippen molar-refractivity contribution >= 4 is 22.6 Å². The van der Waals surface area contributed by atoms with Crippen LogP contribution in [0, 0.1) is 0 Å². The summed E-state index contributed by atoms with van der Waals surface area (Å²) in [6.45, 7) is 1.94. The first kappa shape index (κ1) is 8.51. The highest BCUT2D eigenvalue weighted by Gasteiger charge is 2.03. The lowest BCUT2D eigenvalue weighted by Gasteiger charge is -2.00. The van der Waals surface area contributed by atoms with Crippen molar-refractivity contribution in [2.45, 2.75) is 18.7 Å². The van der Waals surface area contributed by atoms with E-state index in [0.29, 0.717) is 6.42 Å². The second kappa shape index (κ2) is 3.34. The van der Waals surface area contributed by atoms with Gasteiger partial charge in [-0.05, 0) is 13.0 Å². The van der Waals surface area contributed by atoms with Gasteiger partial charge < -0.3 is 4.98 Å². The first-order valence-electron chi connectivity index (χ1n) is 4.19. The maximum absolute atomic E-state index is 5.85. The van der Waals surface area contributed by atoms with E-state index in [-0.39, 0.29) is 5.38 Å². The Bertz CT molecular complexity index is 408. The molecule has 0 spiro atoms. The average Bonchev–Trinajstić information content (AvgIpc) is 2.49. The van der Waals surface area contributed by atoms with Gasteiger partial charge in [-0.25, -0.2) is 9.97 Å². The quantitative estimate of drug-likeness (QED) is 0.746. The smallest absolute Gasteiger partial charge is 0.130 e. The van der Waals surface area contributed by atoms with Crippen LogP contribution in [0.15, 0.2) is 18.5 Å². The van der Waals surface area contributed by atoms with Crippen molar-refractivity contribution in [3.63, 3.8) is 0 Å². The van der Waals surface area contributed by atoms with Crippen LogP contribution >= 0.6 is 11.6 Å². The van der Waals surface area contributed by atoms with Gasteiger partial charge in [-0.15, -0.1) is 11.6 Å². The minimum absolute atomic E-state index is 0.0800. The molecule has 68 valence electrons. The van der Waals surface area contributed by atoms with Crippen LogP contribution in [0.4, 0.5) is 0 Å². The summed E-state index contributed by atoms with van der Waals surface area (Å²) in [7, 11) is 0. The Morgan fingerprint density at radius 3 is 3.23 bits per heavy atom. The van der Waals surface area contributed by atoms with Gasteiger partial charge in [0, 0.05) is 18.0 Å². The number of nitrogens with zero attached hydrogens (tertiary/aromatic N) is 2. The molecule has 0 radical (unpaired) electrons. The van der Waals surface area contributed by atoms with E-state index in [0.717, 1.165) is 16.9 Å². The Kier molecular flexibility index (Phi) is 2.19. The van der Waals surface area contributed by atoms with Crippen LogP contribution in [0.2, 0.25) is 0 Å². The van der Waals surface area contributed by atoms with Crippen molar-refractivity contribution < 1.29 is 0 Å². The topological polar surface area (TPSA) is 41.6 Å². The van der Waals surface area contributed by atoms with Crippen molar-refractivity contribution in [3.8, 4) is 0 Å². The average molecular weight is 196 g/mol. The monoisotopic (exact) mass is 195 g/mol. The van der Waals surface area contributed by atoms with Crippen molar-refractivity contribution in [1.82, 2.24) is 15.0 Å². The molecular weight excluding hydrogens is 186 g/mol. The molecule has 0 bridgehead atoms. The lowest BCUT2D eigenvalue weighted by atomic mass is 10.3. The SMILES string of the molecule is CC(Cl)Cc1ncc2[nH]ccc2n1. The number of alkyl halides is 1. The van der Waals surface area contributed by atoms with Crippen molar-refractivity contribution in [2.24, 2.45) is 0 Å². The number of fused-ring (bicyclic) bond motifs is 1. The van der Waals surface area contributed by atoms with Gasteiger partial charge in [0.15, 0.2) is 0 Å². The van der Waals surface area contributed by atoms with Crippen LogP contribution in [0.3, 0.4) is 0 Å². The highest BCUT2D eigenvalue weighted by Crippen LogP contribution is 2.09.